The Kier molecular flexibility index (Phi) is 2.60. The van der Waals surface area contributed by atoms with Gasteiger partial charge in [-0.25, -0.2) is 4.79 Å². The highest BCUT2D eigenvalue weighted by molar-refractivity contribution is 5.96. The zero-order chi connectivity index (χ0) is 11.5. The van der Waals surface area contributed by atoms with Crippen LogP contribution in [0.25, 0.3) is 11.1 Å². The Morgan fingerprint density at radius 1 is 1.00 bits per heavy atom. The van der Waals surface area contributed by atoms with Crippen molar-refractivity contribution in [2.45, 2.75) is 0 Å². The van der Waals surface area contributed by atoms with Crippen molar-refractivity contribution < 1.29 is 15.0 Å². The fraction of sp³-hybridized carbons (Fsp3) is 0. The summed E-state index contributed by atoms with van der Waals surface area (Å²) in [6.07, 6.45) is 0. The molecule has 0 bridgehead atoms. The molecule has 3 nitrogen and oxygen atoms in total. The average Bonchev–Trinajstić information content (AvgIpc) is 2.30. The van der Waals surface area contributed by atoms with Crippen LogP contribution in [-0.2, 0) is 0 Å². The molecule has 2 N–H and O–H groups in total. The second-order valence-electron chi connectivity index (χ2n) is 3.40. The van der Waals surface area contributed by atoms with Crippen LogP contribution in [0, 0.1) is 0 Å². The first-order valence-electron chi connectivity index (χ1n) is 4.80. The van der Waals surface area contributed by atoms with E-state index in [0.717, 1.165) is 5.56 Å². The van der Waals surface area contributed by atoms with Gasteiger partial charge in [-0.2, -0.15) is 0 Å². The van der Waals surface area contributed by atoms with E-state index in [-0.39, 0.29) is 11.3 Å². The third-order valence-electron chi connectivity index (χ3n) is 2.32. The van der Waals surface area contributed by atoms with Crippen LogP contribution < -0.4 is 0 Å². The quantitative estimate of drug-likeness (QED) is 0.808. The Balaban J connectivity index is 2.61. The lowest BCUT2D eigenvalue weighted by Gasteiger charge is -2.06. The van der Waals surface area contributed by atoms with Gasteiger partial charge in [-0.05, 0) is 29.3 Å². The van der Waals surface area contributed by atoms with Crippen LogP contribution >= 0.6 is 0 Å². The van der Waals surface area contributed by atoms with Crippen LogP contribution in [0.3, 0.4) is 0 Å². The minimum atomic E-state index is -1.05. The van der Waals surface area contributed by atoms with Crippen LogP contribution in [0.15, 0.2) is 48.5 Å². The molecule has 0 aromatic heterocycles. The molecule has 0 radical (unpaired) electrons. The Morgan fingerprint density at radius 2 is 1.69 bits per heavy atom. The number of hydrogen-bond acceptors (Lipinski definition) is 2. The van der Waals surface area contributed by atoms with Gasteiger partial charge in [-0.3, -0.25) is 0 Å². The molecule has 0 aliphatic carbocycles. The Labute approximate surface area is 92.6 Å². The molecule has 2 aromatic rings. The van der Waals surface area contributed by atoms with Gasteiger partial charge in [0.1, 0.15) is 5.75 Å². The van der Waals surface area contributed by atoms with Crippen molar-refractivity contribution in [3.8, 4) is 16.9 Å². The number of aromatic carboxylic acids is 1. The molecule has 0 heterocycles. The number of benzene rings is 2. The first-order chi connectivity index (χ1) is 7.68. The molecule has 0 spiro atoms. The van der Waals surface area contributed by atoms with Crippen molar-refractivity contribution >= 4 is 5.97 Å². The smallest absolute Gasteiger partial charge is 0.336 e. The lowest BCUT2D eigenvalue weighted by Crippen LogP contribution is -1.99. The molecule has 2 rings (SSSR count). The van der Waals surface area contributed by atoms with Gasteiger partial charge in [0.05, 0.1) is 5.56 Å². The number of carboxylic acids is 1. The van der Waals surface area contributed by atoms with E-state index in [1.54, 1.807) is 6.07 Å². The molecular formula is C13H10O3. The van der Waals surface area contributed by atoms with Crippen molar-refractivity contribution in [1.29, 1.82) is 0 Å². The predicted molar refractivity (Wildman–Crippen MR) is 60.5 cm³/mol. The molecule has 0 aliphatic heterocycles. The Hall–Kier alpha value is -2.29. The van der Waals surface area contributed by atoms with Crippen molar-refractivity contribution in [1.82, 2.24) is 0 Å². The van der Waals surface area contributed by atoms with Crippen molar-refractivity contribution in [3.63, 3.8) is 0 Å². The molecule has 3 heteroatoms. The van der Waals surface area contributed by atoms with Crippen LogP contribution in [0.2, 0.25) is 0 Å². The second kappa shape index (κ2) is 4.06. The molecule has 2 aromatic carbocycles. The third-order valence-corrected chi connectivity index (χ3v) is 2.32. The molecule has 0 amide bonds. The summed E-state index contributed by atoms with van der Waals surface area (Å²) in [5, 5.41) is 18.3. The number of phenolic OH excluding ortho intramolecular Hbond substituents is 1. The minimum Gasteiger partial charge on any atom is -0.508 e. The van der Waals surface area contributed by atoms with E-state index in [9.17, 15) is 9.90 Å². The monoisotopic (exact) mass is 214 g/mol. The second-order valence-corrected chi connectivity index (χ2v) is 3.40. The van der Waals surface area contributed by atoms with E-state index in [4.69, 9.17) is 5.11 Å². The van der Waals surface area contributed by atoms with E-state index in [1.165, 1.54) is 12.1 Å². The number of phenols is 1. The van der Waals surface area contributed by atoms with E-state index < -0.39 is 5.97 Å². The number of carbonyl (C=O) groups is 1. The summed E-state index contributed by atoms with van der Waals surface area (Å²) in [5.41, 5.74) is 1.53. The van der Waals surface area contributed by atoms with Crippen molar-refractivity contribution in [2.24, 2.45) is 0 Å². The van der Waals surface area contributed by atoms with Crippen LogP contribution in [0.4, 0.5) is 0 Å². The molecule has 0 atom stereocenters. The average molecular weight is 214 g/mol. The molecule has 0 saturated heterocycles. The highest BCUT2D eigenvalue weighted by Gasteiger charge is 2.11. The lowest BCUT2D eigenvalue weighted by atomic mass is 9.99. The number of aromatic hydroxyl groups is 1. The molecule has 0 saturated carbocycles. The summed E-state index contributed by atoms with van der Waals surface area (Å²) in [5.74, 6) is -1.09. The van der Waals surface area contributed by atoms with Gasteiger partial charge in [-0.15, -0.1) is 0 Å². The summed E-state index contributed by atoms with van der Waals surface area (Å²) in [6.45, 7) is 0. The van der Waals surface area contributed by atoms with Gasteiger partial charge in [-0.1, -0.05) is 30.3 Å². The first-order valence-corrected chi connectivity index (χ1v) is 4.80. The maximum absolute atomic E-state index is 11.0. The fourth-order valence-corrected chi connectivity index (χ4v) is 1.58. The number of hydrogen-bond donors (Lipinski definition) is 2. The fourth-order valence-electron chi connectivity index (χ4n) is 1.58. The van der Waals surface area contributed by atoms with Gasteiger partial charge >= 0.3 is 5.97 Å². The maximum Gasteiger partial charge on any atom is 0.336 e. The largest absolute Gasteiger partial charge is 0.508 e. The van der Waals surface area contributed by atoms with E-state index in [2.05, 4.69) is 0 Å². The number of rotatable bonds is 2. The van der Waals surface area contributed by atoms with E-state index in [0.29, 0.717) is 5.56 Å². The summed E-state index contributed by atoms with van der Waals surface area (Å²) in [4.78, 5) is 11.0. The molecule has 0 fully saturated rings. The summed E-state index contributed by atoms with van der Waals surface area (Å²) in [7, 11) is 0. The number of carboxylic acid groups (broad SMARTS) is 1. The zero-order valence-electron chi connectivity index (χ0n) is 8.42. The minimum absolute atomic E-state index is 0.0444. The molecular weight excluding hydrogens is 204 g/mol. The van der Waals surface area contributed by atoms with Crippen molar-refractivity contribution in [3.05, 3.63) is 54.1 Å². The van der Waals surface area contributed by atoms with Gasteiger partial charge in [0.2, 0.25) is 0 Å². The summed E-state index contributed by atoms with van der Waals surface area (Å²) < 4.78 is 0. The zero-order valence-corrected chi connectivity index (χ0v) is 8.42. The first kappa shape index (κ1) is 10.2. The summed E-state index contributed by atoms with van der Waals surface area (Å²) >= 11 is 0. The Bertz CT molecular complexity index is 518. The molecule has 0 aliphatic rings. The Morgan fingerprint density at radius 3 is 2.31 bits per heavy atom. The van der Waals surface area contributed by atoms with Gasteiger partial charge in [0, 0.05) is 0 Å². The highest BCUT2D eigenvalue weighted by Crippen LogP contribution is 2.26. The van der Waals surface area contributed by atoms with Crippen LogP contribution in [0.5, 0.6) is 5.75 Å². The van der Waals surface area contributed by atoms with Crippen LogP contribution in [0.1, 0.15) is 10.4 Å². The van der Waals surface area contributed by atoms with Gasteiger partial charge < -0.3 is 10.2 Å². The lowest BCUT2D eigenvalue weighted by molar-refractivity contribution is 0.0697. The molecule has 80 valence electrons. The highest BCUT2D eigenvalue weighted by atomic mass is 16.4. The van der Waals surface area contributed by atoms with Gasteiger partial charge in [0.25, 0.3) is 0 Å². The van der Waals surface area contributed by atoms with E-state index >= 15 is 0 Å². The maximum atomic E-state index is 11.0. The van der Waals surface area contributed by atoms with Crippen molar-refractivity contribution in [2.75, 3.05) is 0 Å². The topological polar surface area (TPSA) is 57.5 Å². The predicted octanol–water partition coefficient (Wildman–Crippen LogP) is 2.76. The van der Waals surface area contributed by atoms with Gasteiger partial charge in [0.15, 0.2) is 0 Å². The summed E-state index contributed by atoms with van der Waals surface area (Å²) in [6, 6.07) is 13.6. The SMILES string of the molecule is O=C(O)c1cc(O)ccc1-c1ccccc1. The van der Waals surface area contributed by atoms with E-state index in [1.807, 2.05) is 30.3 Å². The molecule has 16 heavy (non-hydrogen) atoms. The standard InChI is InChI=1S/C13H10O3/c14-10-6-7-11(12(8-10)13(15)16)9-4-2-1-3-5-9/h1-8,14H,(H,15,16). The normalized spacial score (nSPS) is 10.0. The molecule has 0 unspecified atom stereocenters. The third kappa shape index (κ3) is 1.88. The van der Waals surface area contributed by atoms with Crippen LogP contribution in [-0.4, -0.2) is 16.2 Å².